The molecule has 0 bridgehead atoms. The highest BCUT2D eigenvalue weighted by molar-refractivity contribution is 7.45. The highest BCUT2D eigenvalue weighted by Gasteiger charge is 2.24. The van der Waals surface area contributed by atoms with Gasteiger partial charge in [-0.25, -0.2) is 0 Å². The van der Waals surface area contributed by atoms with Gasteiger partial charge in [0.25, 0.3) is 7.82 Å². The van der Waals surface area contributed by atoms with E-state index >= 15 is 0 Å². The summed E-state index contributed by atoms with van der Waals surface area (Å²) in [5.74, 6) is -0.184. The summed E-state index contributed by atoms with van der Waals surface area (Å²) in [6, 6.07) is -0.844. The Morgan fingerprint density at radius 2 is 1.00 bits per heavy atom. The third kappa shape index (κ3) is 41.2. The number of likely N-dealkylation sites (N-methyl/N-ethyl adjacent to an activating group) is 1. The van der Waals surface area contributed by atoms with Crippen LogP contribution in [0.3, 0.4) is 0 Å². The van der Waals surface area contributed by atoms with E-state index in [9.17, 15) is 19.4 Å². The van der Waals surface area contributed by atoms with Crippen molar-refractivity contribution in [3.05, 3.63) is 12.2 Å². The number of unbranched alkanes of at least 4 members (excludes halogenated alkanes) is 29. The van der Waals surface area contributed by atoms with E-state index in [-0.39, 0.29) is 19.1 Å². The molecule has 0 fully saturated rings. The van der Waals surface area contributed by atoms with Crippen molar-refractivity contribution in [2.24, 2.45) is 0 Å². The lowest BCUT2D eigenvalue weighted by Gasteiger charge is -2.29. The largest absolute Gasteiger partial charge is 0.756 e. The smallest absolute Gasteiger partial charge is 0.268 e. The number of aliphatic hydroxyl groups is 1. The number of carbonyl (C=O) groups excluding carboxylic acids is 1. The molecular weight excluding hydrogens is 707 g/mol. The molecule has 2 N–H and O–H groups in total. The second-order valence-electron chi connectivity index (χ2n) is 17.5. The van der Waals surface area contributed by atoms with E-state index in [1.54, 1.807) is 0 Å². The fourth-order valence-electron chi connectivity index (χ4n) is 6.97. The number of hydrogen-bond donors (Lipinski definition) is 2. The van der Waals surface area contributed by atoms with Crippen LogP contribution in [0.4, 0.5) is 0 Å². The quantitative estimate of drug-likeness (QED) is 0.0275. The van der Waals surface area contributed by atoms with E-state index in [0.29, 0.717) is 23.9 Å². The maximum Gasteiger partial charge on any atom is 0.268 e. The molecule has 0 saturated heterocycles. The van der Waals surface area contributed by atoms with Crippen LogP contribution in [0.5, 0.6) is 0 Å². The summed E-state index contributed by atoms with van der Waals surface area (Å²) in [5, 5.41) is 13.8. The number of rotatable bonds is 43. The van der Waals surface area contributed by atoms with Gasteiger partial charge in [0.2, 0.25) is 5.91 Å². The van der Waals surface area contributed by atoms with Crippen LogP contribution >= 0.6 is 7.82 Å². The van der Waals surface area contributed by atoms with Crippen LogP contribution in [0, 0.1) is 0 Å². The molecule has 9 heteroatoms. The first-order valence-electron chi connectivity index (χ1n) is 23.5. The number of quaternary nitrogens is 1. The van der Waals surface area contributed by atoms with E-state index in [1.165, 1.54) is 167 Å². The number of aliphatic hydroxyl groups excluding tert-OH is 1. The number of phosphoric acid groups is 1. The van der Waals surface area contributed by atoms with Gasteiger partial charge >= 0.3 is 0 Å². The lowest BCUT2D eigenvalue weighted by molar-refractivity contribution is -0.870. The Labute approximate surface area is 342 Å². The van der Waals surface area contributed by atoms with Gasteiger partial charge in [-0.3, -0.25) is 9.36 Å². The lowest BCUT2D eigenvalue weighted by Crippen LogP contribution is -2.46. The molecule has 1 amide bonds. The number of hydrogen-bond acceptors (Lipinski definition) is 6. The topological polar surface area (TPSA) is 108 Å². The molecule has 0 aromatic rings. The fourth-order valence-corrected chi connectivity index (χ4v) is 7.69. The Hall–Kier alpha value is -0.760. The minimum absolute atomic E-state index is 0.00495. The summed E-state index contributed by atoms with van der Waals surface area (Å²) in [6.45, 7) is 4.68. The Balaban J connectivity index is 4.29. The summed E-state index contributed by atoms with van der Waals surface area (Å²) in [5.41, 5.74) is 0. The standard InChI is InChI=1S/C46H93N2O6P/c1-6-8-10-12-14-16-18-20-21-22-23-24-25-26-28-30-32-34-36-38-40-46(50)47-44(43-54-55(51,52)53-42-41-48(3,4)5)45(49)39-37-35-33-31-29-27-19-17-15-13-11-9-7-2/h35,37,44-45,49H,6-34,36,38-43H2,1-5H3,(H-,47,50,51,52)/t44-,45+/m0/s1. The number of nitrogens with zero attached hydrogens (tertiary/aromatic N) is 1. The Morgan fingerprint density at radius 1 is 0.618 bits per heavy atom. The Bertz CT molecular complexity index is 911. The summed E-state index contributed by atoms with van der Waals surface area (Å²) in [4.78, 5) is 25.3. The van der Waals surface area contributed by atoms with Gasteiger partial charge in [0.05, 0.1) is 39.9 Å². The van der Waals surface area contributed by atoms with Crippen molar-refractivity contribution in [1.29, 1.82) is 0 Å². The zero-order valence-electron chi connectivity index (χ0n) is 37.1. The van der Waals surface area contributed by atoms with E-state index in [2.05, 4.69) is 25.2 Å². The first-order valence-corrected chi connectivity index (χ1v) is 25.0. The van der Waals surface area contributed by atoms with Crippen LogP contribution in [0.15, 0.2) is 12.2 Å². The minimum Gasteiger partial charge on any atom is -0.756 e. The SMILES string of the molecule is CCCCCCCCCCCCC=CC[C@@H](O)[C@H](COP(=O)([O-])OCC[N+](C)(C)C)NC(=O)CCCCCCCCCCCCCCCCCCCCCC. The van der Waals surface area contributed by atoms with Crippen LogP contribution in [-0.2, 0) is 18.4 Å². The predicted molar refractivity (Wildman–Crippen MR) is 233 cm³/mol. The summed E-state index contributed by atoms with van der Waals surface area (Å²) < 4.78 is 23.2. The number of amides is 1. The molecule has 0 saturated carbocycles. The molecule has 328 valence electrons. The van der Waals surface area contributed by atoms with Gasteiger partial charge in [-0.05, 0) is 25.7 Å². The number of nitrogens with one attached hydrogen (secondary N) is 1. The maximum absolute atomic E-state index is 12.9. The molecule has 0 aromatic carbocycles. The maximum atomic E-state index is 12.9. The van der Waals surface area contributed by atoms with Crippen molar-refractivity contribution < 1.29 is 32.9 Å². The van der Waals surface area contributed by atoms with Crippen LogP contribution in [0.25, 0.3) is 0 Å². The van der Waals surface area contributed by atoms with Crippen molar-refractivity contribution >= 4 is 13.7 Å². The molecule has 8 nitrogen and oxygen atoms in total. The van der Waals surface area contributed by atoms with Gasteiger partial charge in [0.1, 0.15) is 13.2 Å². The van der Waals surface area contributed by atoms with Crippen molar-refractivity contribution in [3.8, 4) is 0 Å². The molecule has 0 rings (SSSR count). The van der Waals surface area contributed by atoms with Gasteiger partial charge in [-0.2, -0.15) is 0 Å². The molecule has 3 atom stereocenters. The molecule has 0 aliphatic heterocycles. The zero-order chi connectivity index (χ0) is 40.7. The van der Waals surface area contributed by atoms with Crippen LogP contribution < -0.4 is 10.2 Å². The van der Waals surface area contributed by atoms with Crippen LogP contribution in [0.2, 0.25) is 0 Å². The van der Waals surface area contributed by atoms with Crippen molar-refractivity contribution in [3.63, 3.8) is 0 Å². The van der Waals surface area contributed by atoms with E-state index in [4.69, 9.17) is 9.05 Å². The van der Waals surface area contributed by atoms with Crippen molar-refractivity contribution in [1.82, 2.24) is 5.32 Å². The number of phosphoric ester groups is 1. The van der Waals surface area contributed by atoms with Gasteiger partial charge < -0.3 is 28.8 Å². The van der Waals surface area contributed by atoms with Gasteiger partial charge in [-0.1, -0.05) is 206 Å². The molecule has 0 aromatic heterocycles. The minimum atomic E-state index is -4.57. The number of carbonyl (C=O) groups is 1. The molecule has 0 radical (unpaired) electrons. The van der Waals surface area contributed by atoms with Crippen molar-refractivity contribution in [2.45, 2.75) is 238 Å². The van der Waals surface area contributed by atoms with Gasteiger partial charge in [-0.15, -0.1) is 0 Å². The second-order valence-corrected chi connectivity index (χ2v) is 18.9. The molecule has 0 aliphatic carbocycles. The van der Waals surface area contributed by atoms with Gasteiger partial charge in [0.15, 0.2) is 0 Å². The number of allylic oxidation sites excluding steroid dienone is 1. The average molecular weight is 801 g/mol. The third-order valence-corrected chi connectivity index (χ3v) is 11.7. The Kier molecular flexibility index (Phi) is 38.2. The molecule has 0 heterocycles. The lowest BCUT2D eigenvalue weighted by atomic mass is 10.0. The zero-order valence-corrected chi connectivity index (χ0v) is 38.0. The Morgan fingerprint density at radius 3 is 1.40 bits per heavy atom. The van der Waals surface area contributed by atoms with E-state index < -0.39 is 20.0 Å². The third-order valence-electron chi connectivity index (χ3n) is 10.8. The van der Waals surface area contributed by atoms with Crippen LogP contribution in [0.1, 0.15) is 226 Å². The summed E-state index contributed by atoms with van der Waals surface area (Å²) >= 11 is 0. The normalized spacial score (nSPS) is 14.4. The first-order chi connectivity index (χ1) is 26.5. The highest BCUT2D eigenvalue weighted by atomic mass is 31.2. The van der Waals surface area contributed by atoms with E-state index in [1.807, 2.05) is 27.2 Å². The fraction of sp³-hybridized carbons (Fsp3) is 0.935. The first kappa shape index (κ1) is 54.2. The van der Waals surface area contributed by atoms with Crippen LogP contribution in [-0.4, -0.2) is 68.5 Å². The van der Waals surface area contributed by atoms with E-state index in [0.717, 1.165) is 32.1 Å². The predicted octanol–water partition coefficient (Wildman–Crippen LogP) is 12.5. The second kappa shape index (κ2) is 38.7. The molecule has 1 unspecified atom stereocenters. The molecule has 55 heavy (non-hydrogen) atoms. The summed E-state index contributed by atoms with van der Waals surface area (Å²) in [7, 11) is 1.28. The molecule has 0 aliphatic rings. The molecular formula is C46H93N2O6P. The monoisotopic (exact) mass is 801 g/mol. The van der Waals surface area contributed by atoms with Gasteiger partial charge in [0, 0.05) is 6.42 Å². The molecule has 0 spiro atoms. The average Bonchev–Trinajstić information content (AvgIpc) is 3.13. The van der Waals surface area contributed by atoms with Crippen molar-refractivity contribution in [2.75, 3.05) is 40.9 Å². The summed E-state index contributed by atoms with van der Waals surface area (Å²) in [6.07, 6.45) is 43.8. The highest BCUT2D eigenvalue weighted by Crippen LogP contribution is 2.38.